The Kier molecular flexibility index (Phi) is 3.96. The number of nitrogens with two attached hydrogens (primary N) is 1. The highest BCUT2D eigenvalue weighted by Gasteiger charge is 2.23. The summed E-state index contributed by atoms with van der Waals surface area (Å²) in [5, 5.41) is -0.0539. The first-order valence-electron chi connectivity index (χ1n) is 5.52. The van der Waals surface area contributed by atoms with Gasteiger partial charge in [-0.15, -0.1) is 0 Å². The molecule has 2 N–H and O–H groups in total. The summed E-state index contributed by atoms with van der Waals surface area (Å²) in [4.78, 5) is -0.273. The van der Waals surface area contributed by atoms with Crippen LogP contribution in [0.5, 0.6) is 0 Å². The van der Waals surface area contributed by atoms with E-state index in [2.05, 4.69) is 0 Å². The third-order valence-corrected chi connectivity index (χ3v) is 4.88. The van der Waals surface area contributed by atoms with E-state index >= 15 is 0 Å². The molecule has 2 rings (SSSR count). The van der Waals surface area contributed by atoms with Gasteiger partial charge in [0.15, 0.2) is 21.5 Å². The molecule has 0 spiro atoms. The maximum Gasteiger partial charge on any atom is 0.186 e. The second-order valence-corrected chi connectivity index (χ2v) is 6.46. The molecule has 0 atom stereocenters. The number of anilines is 1. The van der Waals surface area contributed by atoms with Crippen LogP contribution in [0.1, 0.15) is 5.56 Å². The maximum absolute atomic E-state index is 13.5. The van der Waals surface area contributed by atoms with Crippen molar-refractivity contribution in [2.45, 2.75) is 10.6 Å². The largest absolute Gasteiger partial charge is 0.398 e. The van der Waals surface area contributed by atoms with Gasteiger partial charge < -0.3 is 5.73 Å². The molecule has 0 aliphatic rings. The Hall–Kier alpha value is -1.66. The minimum Gasteiger partial charge on any atom is -0.398 e. The second kappa shape index (κ2) is 5.38. The normalized spacial score (nSPS) is 11.6. The molecule has 0 saturated heterocycles. The fraction of sp³-hybridized carbons (Fsp3) is 0.0769. The Labute approximate surface area is 119 Å². The molecule has 0 bridgehead atoms. The Bertz CT molecular complexity index is 743. The Balaban J connectivity index is 2.50. The lowest BCUT2D eigenvalue weighted by molar-refractivity contribution is 0.501. The predicted octanol–water partition coefficient (Wildman–Crippen LogP) is 3.17. The zero-order valence-corrected chi connectivity index (χ0v) is 11.7. The Morgan fingerprint density at radius 2 is 1.75 bits per heavy atom. The van der Waals surface area contributed by atoms with Crippen LogP contribution in [-0.4, -0.2) is 8.42 Å². The number of nitrogen functional groups attached to an aromatic ring is 1. The molecule has 0 saturated carbocycles. The molecule has 0 radical (unpaired) electrons. The van der Waals surface area contributed by atoms with Crippen LogP contribution in [0.4, 0.5) is 14.5 Å². The molecule has 0 aliphatic carbocycles. The van der Waals surface area contributed by atoms with E-state index in [4.69, 9.17) is 17.3 Å². The SMILES string of the molecule is Nc1cccc(Cl)c1S(=O)(=O)Cc1cccc(F)c1F. The third kappa shape index (κ3) is 2.76. The van der Waals surface area contributed by atoms with E-state index in [1.807, 2.05) is 0 Å². The second-order valence-electron chi connectivity index (χ2n) is 4.13. The van der Waals surface area contributed by atoms with Crippen LogP contribution >= 0.6 is 11.6 Å². The van der Waals surface area contributed by atoms with Crippen molar-refractivity contribution in [3.63, 3.8) is 0 Å². The van der Waals surface area contributed by atoms with Gasteiger partial charge in [-0.25, -0.2) is 17.2 Å². The first-order valence-corrected chi connectivity index (χ1v) is 7.55. The molecular weight excluding hydrogens is 308 g/mol. The standard InChI is InChI=1S/C13H10ClF2NO2S/c14-9-4-2-6-11(17)13(9)20(18,19)7-8-3-1-5-10(15)12(8)16/h1-6H,7,17H2. The van der Waals surface area contributed by atoms with Crippen LogP contribution in [0.15, 0.2) is 41.3 Å². The van der Waals surface area contributed by atoms with Crippen LogP contribution in [0, 0.1) is 11.6 Å². The molecule has 20 heavy (non-hydrogen) atoms. The van der Waals surface area contributed by atoms with Gasteiger partial charge in [-0.1, -0.05) is 29.8 Å². The van der Waals surface area contributed by atoms with Crippen molar-refractivity contribution < 1.29 is 17.2 Å². The minimum atomic E-state index is -3.98. The van der Waals surface area contributed by atoms with Gasteiger partial charge in [0, 0.05) is 5.56 Å². The number of hydrogen-bond donors (Lipinski definition) is 1. The summed E-state index contributed by atoms with van der Waals surface area (Å²) < 4.78 is 51.1. The molecule has 0 unspecified atom stereocenters. The number of hydrogen-bond acceptors (Lipinski definition) is 3. The monoisotopic (exact) mass is 317 g/mol. The summed E-state index contributed by atoms with van der Waals surface area (Å²) in [6, 6.07) is 7.59. The summed E-state index contributed by atoms with van der Waals surface area (Å²) in [5.41, 5.74) is 5.29. The van der Waals surface area contributed by atoms with Gasteiger partial charge in [-0.2, -0.15) is 0 Å². The van der Waals surface area contributed by atoms with Crippen molar-refractivity contribution in [3.05, 3.63) is 58.6 Å². The third-order valence-electron chi connectivity index (χ3n) is 2.69. The average Bonchev–Trinajstić information content (AvgIpc) is 2.34. The zero-order chi connectivity index (χ0) is 14.9. The Morgan fingerprint density at radius 3 is 2.40 bits per heavy atom. The zero-order valence-electron chi connectivity index (χ0n) is 10.1. The predicted molar refractivity (Wildman–Crippen MR) is 73.1 cm³/mol. The molecule has 0 aliphatic heterocycles. The molecule has 2 aromatic rings. The lowest BCUT2D eigenvalue weighted by Crippen LogP contribution is -2.10. The van der Waals surface area contributed by atoms with E-state index in [1.165, 1.54) is 30.3 Å². The fourth-order valence-electron chi connectivity index (χ4n) is 1.79. The number of rotatable bonds is 3. The summed E-state index contributed by atoms with van der Waals surface area (Å²) in [7, 11) is -3.98. The first kappa shape index (κ1) is 14.7. The van der Waals surface area contributed by atoms with Gasteiger partial charge in [-0.05, 0) is 18.2 Å². The highest BCUT2D eigenvalue weighted by Crippen LogP contribution is 2.30. The van der Waals surface area contributed by atoms with E-state index in [1.54, 1.807) is 0 Å². The van der Waals surface area contributed by atoms with Crippen LogP contribution in [-0.2, 0) is 15.6 Å². The summed E-state index contributed by atoms with van der Waals surface area (Å²) in [6.07, 6.45) is 0. The Morgan fingerprint density at radius 1 is 1.10 bits per heavy atom. The first-order chi connectivity index (χ1) is 9.33. The fourth-order valence-corrected chi connectivity index (χ4v) is 3.89. The van der Waals surface area contributed by atoms with Crippen molar-refractivity contribution >= 4 is 27.1 Å². The molecule has 0 aromatic heterocycles. The van der Waals surface area contributed by atoms with E-state index in [0.717, 1.165) is 6.07 Å². The highest BCUT2D eigenvalue weighted by molar-refractivity contribution is 7.91. The van der Waals surface area contributed by atoms with Crippen molar-refractivity contribution in [2.24, 2.45) is 0 Å². The van der Waals surface area contributed by atoms with E-state index in [0.29, 0.717) is 0 Å². The van der Waals surface area contributed by atoms with Gasteiger partial charge in [-0.3, -0.25) is 0 Å². The van der Waals surface area contributed by atoms with Crippen molar-refractivity contribution in [1.29, 1.82) is 0 Å². The van der Waals surface area contributed by atoms with Crippen LogP contribution in [0.3, 0.4) is 0 Å². The molecule has 2 aromatic carbocycles. The highest BCUT2D eigenvalue weighted by atomic mass is 35.5. The molecule has 3 nitrogen and oxygen atoms in total. The van der Waals surface area contributed by atoms with E-state index in [9.17, 15) is 17.2 Å². The van der Waals surface area contributed by atoms with Crippen molar-refractivity contribution in [2.75, 3.05) is 5.73 Å². The van der Waals surface area contributed by atoms with Crippen molar-refractivity contribution in [3.8, 4) is 0 Å². The molecule has 0 amide bonds. The van der Waals surface area contributed by atoms with E-state index < -0.39 is 27.2 Å². The quantitative estimate of drug-likeness (QED) is 0.884. The van der Waals surface area contributed by atoms with Gasteiger partial charge in [0.2, 0.25) is 0 Å². The van der Waals surface area contributed by atoms with Crippen molar-refractivity contribution in [1.82, 2.24) is 0 Å². The topological polar surface area (TPSA) is 60.2 Å². The van der Waals surface area contributed by atoms with Gasteiger partial charge in [0.1, 0.15) is 4.90 Å². The summed E-state index contributed by atoms with van der Waals surface area (Å²) >= 11 is 5.82. The van der Waals surface area contributed by atoms with Gasteiger partial charge >= 0.3 is 0 Å². The number of benzene rings is 2. The lowest BCUT2D eigenvalue weighted by Gasteiger charge is -2.10. The lowest BCUT2D eigenvalue weighted by atomic mass is 10.2. The summed E-state index contributed by atoms with van der Waals surface area (Å²) in [6.45, 7) is 0. The smallest absolute Gasteiger partial charge is 0.186 e. The van der Waals surface area contributed by atoms with Gasteiger partial charge in [0.25, 0.3) is 0 Å². The van der Waals surface area contributed by atoms with Crippen LogP contribution in [0.25, 0.3) is 0 Å². The van der Waals surface area contributed by atoms with Crippen LogP contribution in [0.2, 0.25) is 5.02 Å². The molecule has 106 valence electrons. The number of sulfone groups is 1. The molecule has 0 heterocycles. The maximum atomic E-state index is 13.5. The average molecular weight is 318 g/mol. The van der Waals surface area contributed by atoms with E-state index in [-0.39, 0.29) is 21.2 Å². The number of halogens is 3. The van der Waals surface area contributed by atoms with Crippen LogP contribution < -0.4 is 5.73 Å². The molecule has 0 fully saturated rings. The molecule has 7 heteroatoms. The van der Waals surface area contributed by atoms with Gasteiger partial charge in [0.05, 0.1) is 16.5 Å². The summed E-state index contributed by atoms with van der Waals surface area (Å²) in [5.74, 6) is -3.02. The minimum absolute atomic E-state index is 0.0330. The molecular formula is C13H10ClF2NO2S.